The smallest absolute Gasteiger partial charge is 0.230 e. The van der Waals surface area contributed by atoms with E-state index in [1.165, 1.54) is 19.8 Å². The summed E-state index contributed by atoms with van der Waals surface area (Å²) in [6.07, 6.45) is 2.38. The Hall–Kier alpha value is -0.570. The van der Waals surface area contributed by atoms with E-state index in [2.05, 4.69) is 24.7 Å². The maximum absolute atomic E-state index is 10.5. The molecule has 1 amide bonds. The van der Waals surface area contributed by atoms with Crippen molar-refractivity contribution in [2.45, 2.75) is 39.7 Å². The molecular formula is C9H18N2O. The molecule has 0 unspecified atom stereocenters. The highest BCUT2D eigenvalue weighted by atomic mass is 16.2. The van der Waals surface area contributed by atoms with Gasteiger partial charge in [-0.05, 0) is 24.7 Å². The van der Waals surface area contributed by atoms with E-state index >= 15 is 0 Å². The van der Waals surface area contributed by atoms with Crippen LogP contribution >= 0.6 is 0 Å². The van der Waals surface area contributed by atoms with Crippen LogP contribution in [0.5, 0.6) is 0 Å². The number of hydrogen-bond donors (Lipinski definition) is 2. The van der Waals surface area contributed by atoms with Crippen molar-refractivity contribution in [1.29, 1.82) is 0 Å². The fraction of sp³-hybridized carbons (Fsp3) is 0.889. The van der Waals surface area contributed by atoms with E-state index in [0.717, 1.165) is 11.8 Å². The lowest BCUT2D eigenvalue weighted by Crippen LogP contribution is -2.50. The lowest BCUT2D eigenvalue weighted by molar-refractivity contribution is -0.120. The quantitative estimate of drug-likeness (QED) is 0.622. The molecule has 1 rings (SSSR count). The second-order valence-electron chi connectivity index (χ2n) is 4.00. The number of hydrogen-bond acceptors (Lipinski definition) is 2. The van der Waals surface area contributed by atoms with Crippen molar-refractivity contribution >= 4 is 5.91 Å². The highest BCUT2D eigenvalue weighted by Crippen LogP contribution is 2.32. The van der Waals surface area contributed by atoms with Gasteiger partial charge in [-0.3, -0.25) is 10.2 Å². The first-order valence-corrected chi connectivity index (χ1v) is 4.61. The summed E-state index contributed by atoms with van der Waals surface area (Å²) < 4.78 is 0. The Kier molecular flexibility index (Phi) is 3.09. The second kappa shape index (κ2) is 3.90. The molecule has 1 fully saturated rings. The van der Waals surface area contributed by atoms with Crippen LogP contribution in [0, 0.1) is 11.8 Å². The zero-order valence-electron chi connectivity index (χ0n) is 8.05. The summed E-state index contributed by atoms with van der Waals surface area (Å²) in [5.74, 6) is 1.61. The number of nitrogens with one attached hydrogen (secondary N) is 2. The number of rotatable bonds is 3. The molecule has 0 aromatic carbocycles. The van der Waals surface area contributed by atoms with Crippen LogP contribution in [-0.2, 0) is 4.79 Å². The molecule has 3 nitrogen and oxygen atoms in total. The zero-order valence-corrected chi connectivity index (χ0v) is 8.05. The monoisotopic (exact) mass is 170 g/mol. The highest BCUT2D eigenvalue weighted by molar-refractivity contribution is 5.72. The molecule has 2 N–H and O–H groups in total. The third-order valence-corrected chi connectivity index (χ3v) is 2.57. The van der Waals surface area contributed by atoms with Gasteiger partial charge in [0.05, 0.1) is 0 Å². The minimum atomic E-state index is -0.0111. The zero-order chi connectivity index (χ0) is 9.14. The van der Waals surface area contributed by atoms with Gasteiger partial charge in [-0.15, -0.1) is 0 Å². The van der Waals surface area contributed by atoms with Crippen molar-refractivity contribution in [2.75, 3.05) is 0 Å². The van der Waals surface area contributed by atoms with Gasteiger partial charge in [0.15, 0.2) is 0 Å². The highest BCUT2D eigenvalue weighted by Gasteiger charge is 2.30. The predicted molar refractivity (Wildman–Crippen MR) is 48.3 cm³/mol. The van der Waals surface area contributed by atoms with Crippen LogP contribution < -0.4 is 10.9 Å². The van der Waals surface area contributed by atoms with Crippen molar-refractivity contribution in [3.63, 3.8) is 0 Å². The summed E-state index contributed by atoms with van der Waals surface area (Å²) in [5, 5.41) is 0. The van der Waals surface area contributed by atoms with Crippen LogP contribution in [0.4, 0.5) is 0 Å². The molecule has 0 atom stereocenters. The van der Waals surface area contributed by atoms with E-state index in [1.54, 1.807) is 0 Å². The molecule has 0 radical (unpaired) electrons. The fourth-order valence-corrected chi connectivity index (χ4v) is 1.53. The Morgan fingerprint density at radius 2 is 2.00 bits per heavy atom. The summed E-state index contributed by atoms with van der Waals surface area (Å²) in [6.45, 7) is 6.02. The average Bonchev–Trinajstić information content (AvgIpc) is 1.82. The van der Waals surface area contributed by atoms with E-state index < -0.39 is 0 Å². The first-order valence-electron chi connectivity index (χ1n) is 4.61. The molecule has 0 aromatic heterocycles. The van der Waals surface area contributed by atoms with Gasteiger partial charge in [-0.1, -0.05) is 13.8 Å². The van der Waals surface area contributed by atoms with E-state index in [0.29, 0.717) is 6.04 Å². The van der Waals surface area contributed by atoms with Gasteiger partial charge in [-0.25, -0.2) is 5.43 Å². The maximum Gasteiger partial charge on any atom is 0.230 e. The molecule has 0 heterocycles. The van der Waals surface area contributed by atoms with E-state index in [9.17, 15) is 4.79 Å². The van der Waals surface area contributed by atoms with Crippen LogP contribution in [0.3, 0.4) is 0 Å². The van der Waals surface area contributed by atoms with Gasteiger partial charge in [0.2, 0.25) is 5.91 Å². The number of hydrazine groups is 1. The Balaban J connectivity index is 2.06. The molecule has 0 spiro atoms. The van der Waals surface area contributed by atoms with Gasteiger partial charge in [-0.2, -0.15) is 0 Å². The molecule has 1 aliphatic rings. The van der Waals surface area contributed by atoms with Gasteiger partial charge >= 0.3 is 0 Å². The van der Waals surface area contributed by atoms with E-state index in [-0.39, 0.29) is 5.91 Å². The van der Waals surface area contributed by atoms with Gasteiger partial charge in [0, 0.05) is 13.0 Å². The van der Waals surface area contributed by atoms with E-state index in [1.807, 2.05) is 0 Å². The third-order valence-electron chi connectivity index (χ3n) is 2.57. The van der Waals surface area contributed by atoms with Gasteiger partial charge in [0.1, 0.15) is 0 Å². The molecular weight excluding hydrogens is 152 g/mol. The molecule has 0 saturated heterocycles. The molecule has 1 saturated carbocycles. The van der Waals surface area contributed by atoms with Crippen LogP contribution in [-0.4, -0.2) is 11.9 Å². The standard InChI is InChI=1S/C9H18N2O/c1-6(2)8-4-9(5-8)11-10-7(3)12/h6,8-9,11H,4-5H2,1-3H3,(H,10,12)/t8-,9+. The number of amides is 1. The third kappa shape index (κ3) is 2.48. The Morgan fingerprint density at radius 3 is 2.42 bits per heavy atom. The molecule has 1 aliphatic carbocycles. The van der Waals surface area contributed by atoms with Crippen LogP contribution in [0.15, 0.2) is 0 Å². The second-order valence-corrected chi connectivity index (χ2v) is 4.00. The van der Waals surface area contributed by atoms with Crippen molar-refractivity contribution in [3.8, 4) is 0 Å². The summed E-state index contributed by atoms with van der Waals surface area (Å²) in [5.41, 5.74) is 5.62. The largest absolute Gasteiger partial charge is 0.292 e. The molecule has 3 heteroatoms. The minimum Gasteiger partial charge on any atom is -0.292 e. The summed E-state index contributed by atoms with van der Waals surface area (Å²) >= 11 is 0. The topological polar surface area (TPSA) is 41.1 Å². The maximum atomic E-state index is 10.5. The average molecular weight is 170 g/mol. The van der Waals surface area contributed by atoms with Gasteiger partial charge < -0.3 is 0 Å². The first kappa shape index (κ1) is 9.52. The van der Waals surface area contributed by atoms with Crippen molar-refractivity contribution in [1.82, 2.24) is 10.9 Å². The number of carbonyl (C=O) groups is 1. The summed E-state index contributed by atoms with van der Waals surface area (Å²) in [4.78, 5) is 10.5. The predicted octanol–water partition coefficient (Wildman–Crippen LogP) is 1.06. The summed E-state index contributed by atoms with van der Waals surface area (Å²) in [7, 11) is 0. The van der Waals surface area contributed by atoms with Crippen molar-refractivity contribution < 1.29 is 4.79 Å². The Morgan fingerprint density at radius 1 is 1.42 bits per heavy atom. The molecule has 0 aromatic rings. The lowest BCUT2D eigenvalue weighted by atomic mass is 9.74. The van der Waals surface area contributed by atoms with Crippen LogP contribution in [0.25, 0.3) is 0 Å². The normalized spacial score (nSPS) is 28.3. The summed E-state index contributed by atoms with van der Waals surface area (Å²) in [6, 6.07) is 0.501. The van der Waals surface area contributed by atoms with Crippen molar-refractivity contribution in [3.05, 3.63) is 0 Å². The molecule has 0 bridgehead atoms. The number of carbonyl (C=O) groups excluding carboxylic acids is 1. The van der Waals surface area contributed by atoms with Gasteiger partial charge in [0.25, 0.3) is 0 Å². The molecule has 70 valence electrons. The van der Waals surface area contributed by atoms with E-state index in [4.69, 9.17) is 0 Å². The lowest BCUT2D eigenvalue weighted by Gasteiger charge is -2.38. The molecule has 0 aliphatic heterocycles. The Bertz CT molecular complexity index is 162. The van der Waals surface area contributed by atoms with Crippen LogP contribution in [0.2, 0.25) is 0 Å². The van der Waals surface area contributed by atoms with Crippen molar-refractivity contribution in [2.24, 2.45) is 11.8 Å². The minimum absolute atomic E-state index is 0.0111. The first-order chi connectivity index (χ1) is 5.59. The molecule has 12 heavy (non-hydrogen) atoms. The SMILES string of the molecule is CC(=O)NN[C@H]1C[C@@H](C(C)C)C1. The fourth-order valence-electron chi connectivity index (χ4n) is 1.53. The Labute approximate surface area is 73.9 Å². The van der Waals surface area contributed by atoms with Crippen LogP contribution in [0.1, 0.15) is 33.6 Å².